The number of benzene rings is 1. The molecule has 0 fully saturated rings. The maximum absolute atomic E-state index is 5.44. The third-order valence-electron chi connectivity index (χ3n) is 3.56. The van der Waals surface area contributed by atoms with E-state index >= 15 is 0 Å². The fourth-order valence-corrected chi connectivity index (χ4v) is 3.38. The van der Waals surface area contributed by atoms with Crippen molar-refractivity contribution in [3.8, 4) is 17.2 Å². The summed E-state index contributed by atoms with van der Waals surface area (Å²) in [5.74, 6) is 2.18. The Balaban J connectivity index is 1.65. The Kier molecular flexibility index (Phi) is 4.03. The van der Waals surface area contributed by atoms with Crippen LogP contribution in [0.25, 0.3) is 0 Å². The zero-order valence-corrected chi connectivity index (χ0v) is 13.3. The zero-order valence-electron chi connectivity index (χ0n) is 12.5. The lowest BCUT2D eigenvalue weighted by Gasteiger charge is -2.09. The van der Waals surface area contributed by atoms with Crippen molar-refractivity contribution < 1.29 is 14.2 Å². The smallest absolute Gasteiger partial charge is 0.231 e. The first-order valence-electron chi connectivity index (χ1n) is 6.90. The topological polar surface area (TPSA) is 39.7 Å². The summed E-state index contributed by atoms with van der Waals surface area (Å²) >= 11 is 1.85. The number of hydrogen-bond donors (Lipinski definition) is 1. The zero-order chi connectivity index (χ0) is 14.8. The molecule has 0 amide bonds. The molecule has 1 aliphatic heterocycles. The maximum Gasteiger partial charge on any atom is 0.231 e. The number of nitrogens with one attached hydrogen (secondary N) is 1. The second-order valence-corrected chi connectivity index (χ2v) is 6.43. The molecular formula is C16H19NO3S. The van der Waals surface area contributed by atoms with Crippen LogP contribution >= 0.6 is 11.3 Å². The van der Waals surface area contributed by atoms with Crippen LogP contribution in [0.4, 0.5) is 0 Å². The van der Waals surface area contributed by atoms with Gasteiger partial charge in [-0.3, -0.25) is 0 Å². The van der Waals surface area contributed by atoms with Crippen molar-refractivity contribution in [2.75, 3.05) is 13.9 Å². The molecule has 2 aromatic rings. The Hall–Kier alpha value is -1.72. The van der Waals surface area contributed by atoms with Gasteiger partial charge < -0.3 is 19.5 Å². The van der Waals surface area contributed by atoms with Gasteiger partial charge in [0.25, 0.3) is 0 Å². The van der Waals surface area contributed by atoms with Gasteiger partial charge in [0.1, 0.15) is 0 Å². The van der Waals surface area contributed by atoms with E-state index in [1.807, 2.05) is 23.5 Å². The van der Waals surface area contributed by atoms with Crippen LogP contribution in [-0.4, -0.2) is 13.9 Å². The average molecular weight is 305 g/mol. The SMILES string of the molecule is COc1cc(CNCc2cc(C)c(C)s2)cc2c1OCO2. The molecule has 1 aromatic heterocycles. The molecular weight excluding hydrogens is 286 g/mol. The van der Waals surface area contributed by atoms with Crippen LogP contribution in [0.3, 0.4) is 0 Å². The van der Waals surface area contributed by atoms with Crippen molar-refractivity contribution >= 4 is 11.3 Å². The molecule has 0 radical (unpaired) electrons. The molecule has 3 rings (SSSR count). The van der Waals surface area contributed by atoms with Crippen molar-refractivity contribution in [3.63, 3.8) is 0 Å². The number of methoxy groups -OCH3 is 1. The summed E-state index contributed by atoms with van der Waals surface area (Å²) < 4.78 is 16.2. The molecule has 4 nitrogen and oxygen atoms in total. The van der Waals surface area contributed by atoms with E-state index in [0.717, 1.165) is 30.2 Å². The maximum atomic E-state index is 5.44. The molecule has 0 atom stereocenters. The molecule has 1 N–H and O–H groups in total. The molecule has 0 bridgehead atoms. The summed E-state index contributed by atoms with van der Waals surface area (Å²) in [5, 5.41) is 3.46. The average Bonchev–Trinajstić information content (AvgIpc) is 3.05. The molecule has 0 aliphatic carbocycles. The van der Waals surface area contributed by atoms with Crippen molar-refractivity contribution in [3.05, 3.63) is 39.1 Å². The highest BCUT2D eigenvalue weighted by atomic mass is 32.1. The molecule has 5 heteroatoms. The van der Waals surface area contributed by atoms with E-state index in [2.05, 4.69) is 25.2 Å². The summed E-state index contributed by atoms with van der Waals surface area (Å²) in [6.45, 7) is 6.21. The molecule has 21 heavy (non-hydrogen) atoms. The van der Waals surface area contributed by atoms with E-state index in [-0.39, 0.29) is 6.79 Å². The number of ether oxygens (including phenoxy) is 3. The molecule has 2 heterocycles. The van der Waals surface area contributed by atoms with Gasteiger partial charge in [0.2, 0.25) is 12.5 Å². The van der Waals surface area contributed by atoms with E-state index in [0.29, 0.717) is 5.75 Å². The second-order valence-electron chi connectivity index (χ2n) is 5.09. The monoisotopic (exact) mass is 305 g/mol. The predicted octanol–water partition coefficient (Wildman–Crippen LogP) is 3.39. The van der Waals surface area contributed by atoms with Gasteiger partial charge in [-0.2, -0.15) is 0 Å². The molecule has 112 valence electrons. The quantitative estimate of drug-likeness (QED) is 0.919. The number of thiophene rings is 1. The van der Waals surface area contributed by atoms with Crippen molar-refractivity contribution in [1.29, 1.82) is 0 Å². The summed E-state index contributed by atoms with van der Waals surface area (Å²) in [6.07, 6.45) is 0. The highest BCUT2D eigenvalue weighted by molar-refractivity contribution is 7.12. The van der Waals surface area contributed by atoms with Gasteiger partial charge >= 0.3 is 0 Å². The van der Waals surface area contributed by atoms with Crippen molar-refractivity contribution in [2.24, 2.45) is 0 Å². The van der Waals surface area contributed by atoms with Gasteiger partial charge in [-0.1, -0.05) is 0 Å². The Morgan fingerprint density at radius 3 is 2.76 bits per heavy atom. The Labute approximate surface area is 128 Å². The third kappa shape index (κ3) is 2.99. The van der Waals surface area contributed by atoms with Gasteiger partial charge in [0.05, 0.1) is 7.11 Å². The summed E-state index contributed by atoms with van der Waals surface area (Å²) in [4.78, 5) is 2.74. The number of aryl methyl sites for hydroxylation is 2. The van der Waals surface area contributed by atoms with E-state index in [4.69, 9.17) is 14.2 Å². The van der Waals surface area contributed by atoms with E-state index < -0.39 is 0 Å². The largest absolute Gasteiger partial charge is 0.493 e. The molecule has 1 aliphatic rings. The highest BCUT2D eigenvalue weighted by Gasteiger charge is 2.19. The predicted molar refractivity (Wildman–Crippen MR) is 83.5 cm³/mol. The van der Waals surface area contributed by atoms with Gasteiger partial charge in [0.15, 0.2) is 11.5 Å². The molecule has 0 spiro atoms. The molecule has 0 saturated heterocycles. The van der Waals surface area contributed by atoms with Crippen LogP contribution in [0.15, 0.2) is 18.2 Å². The first-order valence-corrected chi connectivity index (χ1v) is 7.72. The first kappa shape index (κ1) is 14.2. The van der Waals surface area contributed by atoms with Crippen LogP contribution < -0.4 is 19.5 Å². The second kappa shape index (κ2) is 5.95. The number of fused-ring (bicyclic) bond motifs is 1. The van der Waals surface area contributed by atoms with Crippen LogP contribution in [0.1, 0.15) is 20.9 Å². The first-order chi connectivity index (χ1) is 10.2. The normalized spacial score (nSPS) is 12.7. The standard InChI is InChI=1S/C16H19NO3S/c1-10-4-13(21-11(10)2)8-17-7-12-5-14(18-3)16-15(6-12)19-9-20-16/h4-6,17H,7-9H2,1-3H3. The van der Waals surface area contributed by atoms with Crippen LogP contribution in [0.2, 0.25) is 0 Å². The van der Waals surface area contributed by atoms with Crippen LogP contribution in [0, 0.1) is 13.8 Å². The minimum absolute atomic E-state index is 0.260. The Bertz CT molecular complexity index is 632. The van der Waals surface area contributed by atoms with E-state index in [9.17, 15) is 0 Å². The van der Waals surface area contributed by atoms with Gasteiger partial charge in [-0.05, 0) is 43.2 Å². The summed E-state index contributed by atoms with van der Waals surface area (Å²) in [7, 11) is 1.64. The minimum atomic E-state index is 0.260. The Morgan fingerprint density at radius 2 is 2.05 bits per heavy atom. The molecule has 1 aromatic carbocycles. The van der Waals surface area contributed by atoms with E-state index in [1.54, 1.807) is 7.11 Å². The van der Waals surface area contributed by atoms with Crippen molar-refractivity contribution in [1.82, 2.24) is 5.32 Å². The Morgan fingerprint density at radius 1 is 1.19 bits per heavy atom. The third-order valence-corrected chi connectivity index (χ3v) is 4.72. The number of rotatable bonds is 5. The van der Waals surface area contributed by atoms with Gasteiger partial charge in [-0.15, -0.1) is 11.3 Å². The number of hydrogen-bond acceptors (Lipinski definition) is 5. The van der Waals surface area contributed by atoms with Crippen LogP contribution in [-0.2, 0) is 13.1 Å². The lowest BCUT2D eigenvalue weighted by Crippen LogP contribution is -2.11. The fourth-order valence-electron chi connectivity index (χ4n) is 2.35. The van der Waals surface area contributed by atoms with E-state index in [1.165, 1.54) is 15.3 Å². The van der Waals surface area contributed by atoms with Gasteiger partial charge in [-0.25, -0.2) is 0 Å². The summed E-state index contributed by atoms with van der Waals surface area (Å²) in [5.41, 5.74) is 2.49. The minimum Gasteiger partial charge on any atom is -0.493 e. The van der Waals surface area contributed by atoms with Gasteiger partial charge in [0, 0.05) is 22.8 Å². The molecule has 0 unspecified atom stereocenters. The van der Waals surface area contributed by atoms with Crippen molar-refractivity contribution in [2.45, 2.75) is 26.9 Å². The lowest BCUT2D eigenvalue weighted by molar-refractivity contribution is 0.171. The fraction of sp³-hybridized carbons (Fsp3) is 0.375. The highest BCUT2D eigenvalue weighted by Crippen LogP contribution is 2.41. The van der Waals surface area contributed by atoms with Crippen LogP contribution in [0.5, 0.6) is 17.2 Å². The summed E-state index contributed by atoms with van der Waals surface area (Å²) in [6, 6.07) is 6.24. The molecule has 0 saturated carbocycles. The lowest BCUT2D eigenvalue weighted by atomic mass is 10.2.